The van der Waals surface area contributed by atoms with Crippen molar-refractivity contribution >= 4 is 21.9 Å². The van der Waals surface area contributed by atoms with E-state index in [2.05, 4.69) is 31.5 Å². The largest absolute Gasteiger partial charge is 0.481 e. The summed E-state index contributed by atoms with van der Waals surface area (Å²) in [4.78, 5) is 11.1. The van der Waals surface area contributed by atoms with Crippen LogP contribution in [0.3, 0.4) is 0 Å². The summed E-state index contributed by atoms with van der Waals surface area (Å²) in [6.07, 6.45) is 0.566. The number of rotatable bonds is 5. The summed E-state index contributed by atoms with van der Waals surface area (Å²) >= 11 is 3.39. The normalized spacial score (nSPS) is 13.9. The van der Waals surface area contributed by atoms with Gasteiger partial charge in [0.2, 0.25) is 0 Å². The summed E-state index contributed by atoms with van der Waals surface area (Å²) in [7, 11) is 0. The van der Waals surface area contributed by atoms with Crippen molar-refractivity contribution in [1.29, 1.82) is 0 Å². The molecule has 0 saturated carbocycles. The van der Waals surface area contributed by atoms with Crippen LogP contribution >= 0.6 is 15.9 Å². The van der Waals surface area contributed by atoms with Gasteiger partial charge in [0, 0.05) is 10.9 Å². The topological polar surface area (TPSA) is 80.9 Å². The predicted octanol–water partition coefficient (Wildman–Crippen LogP) is 2.31. The van der Waals surface area contributed by atoms with Crippen LogP contribution in [0.15, 0.2) is 28.7 Å². The fraction of sp³-hybridized carbons (Fsp3) is 0.385. The molecule has 1 aromatic carbocycles. The van der Waals surface area contributed by atoms with E-state index in [-0.39, 0.29) is 6.04 Å². The van der Waals surface area contributed by atoms with Gasteiger partial charge in [-0.1, -0.05) is 28.1 Å². The van der Waals surface area contributed by atoms with Gasteiger partial charge in [-0.05, 0) is 42.0 Å². The smallest absolute Gasteiger partial charge is 0.308 e. The van der Waals surface area contributed by atoms with Crippen molar-refractivity contribution in [2.24, 2.45) is 5.92 Å². The molecule has 0 saturated heterocycles. The van der Waals surface area contributed by atoms with Gasteiger partial charge in [0.25, 0.3) is 0 Å². The number of carboxylic acid groups (broad SMARTS) is 1. The SMILES string of the molecule is CC(C(=O)O)C(C)n1nnnc1Cc1ccc(Br)cc1. The summed E-state index contributed by atoms with van der Waals surface area (Å²) in [6.45, 7) is 3.46. The van der Waals surface area contributed by atoms with Gasteiger partial charge >= 0.3 is 5.97 Å². The predicted molar refractivity (Wildman–Crippen MR) is 76.3 cm³/mol. The van der Waals surface area contributed by atoms with Crippen LogP contribution in [0, 0.1) is 5.92 Å². The van der Waals surface area contributed by atoms with Crippen molar-refractivity contribution in [2.75, 3.05) is 0 Å². The van der Waals surface area contributed by atoms with Gasteiger partial charge in [0.15, 0.2) is 5.82 Å². The van der Waals surface area contributed by atoms with Crippen LogP contribution in [-0.4, -0.2) is 31.3 Å². The van der Waals surface area contributed by atoms with E-state index < -0.39 is 11.9 Å². The molecule has 106 valence electrons. The monoisotopic (exact) mass is 338 g/mol. The second-order valence-electron chi connectivity index (χ2n) is 4.71. The zero-order valence-electron chi connectivity index (χ0n) is 11.2. The molecular formula is C13H15BrN4O2. The van der Waals surface area contributed by atoms with E-state index in [4.69, 9.17) is 5.11 Å². The number of aromatic nitrogens is 4. The summed E-state index contributed by atoms with van der Waals surface area (Å²) in [6, 6.07) is 7.57. The summed E-state index contributed by atoms with van der Waals surface area (Å²) in [5.74, 6) is -0.752. The van der Waals surface area contributed by atoms with Crippen molar-refractivity contribution in [3.8, 4) is 0 Å². The van der Waals surface area contributed by atoms with Gasteiger partial charge in [-0.3, -0.25) is 4.79 Å². The molecule has 0 bridgehead atoms. The zero-order chi connectivity index (χ0) is 14.7. The molecule has 0 radical (unpaired) electrons. The lowest BCUT2D eigenvalue weighted by atomic mass is 10.0. The molecule has 1 N–H and O–H groups in total. The number of halogens is 1. The Hall–Kier alpha value is -1.76. The van der Waals surface area contributed by atoms with E-state index in [9.17, 15) is 4.79 Å². The average Bonchev–Trinajstić information content (AvgIpc) is 2.87. The fourth-order valence-electron chi connectivity index (χ4n) is 1.85. The van der Waals surface area contributed by atoms with E-state index in [1.54, 1.807) is 18.5 Å². The summed E-state index contributed by atoms with van der Waals surface area (Å²) in [5.41, 5.74) is 1.07. The summed E-state index contributed by atoms with van der Waals surface area (Å²) < 4.78 is 2.59. The van der Waals surface area contributed by atoms with E-state index in [0.29, 0.717) is 12.2 Å². The van der Waals surface area contributed by atoms with Crippen molar-refractivity contribution in [3.05, 3.63) is 40.1 Å². The minimum atomic E-state index is -0.859. The molecule has 0 fully saturated rings. The molecule has 2 rings (SSSR count). The van der Waals surface area contributed by atoms with Crippen LogP contribution < -0.4 is 0 Å². The van der Waals surface area contributed by atoms with Crippen LogP contribution in [0.2, 0.25) is 0 Å². The standard InChI is InChI=1S/C13H15BrN4O2/c1-8(13(19)20)9(2)18-12(15-16-17-18)7-10-3-5-11(14)6-4-10/h3-6,8-9H,7H2,1-2H3,(H,19,20). The third-order valence-electron chi connectivity index (χ3n) is 3.34. The highest BCUT2D eigenvalue weighted by molar-refractivity contribution is 9.10. The first-order chi connectivity index (χ1) is 9.49. The first kappa shape index (κ1) is 14.6. The van der Waals surface area contributed by atoms with Crippen molar-refractivity contribution in [3.63, 3.8) is 0 Å². The Bertz CT molecular complexity index is 597. The van der Waals surface area contributed by atoms with Crippen LogP contribution in [0.5, 0.6) is 0 Å². The molecule has 20 heavy (non-hydrogen) atoms. The lowest BCUT2D eigenvalue weighted by molar-refractivity contribution is -0.142. The minimum absolute atomic E-state index is 0.298. The Morgan fingerprint density at radius 2 is 2.00 bits per heavy atom. The highest BCUT2D eigenvalue weighted by Gasteiger charge is 2.24. The maximum Gasteiger partial charge on any atom is 0.308 e. The molecule has 0 spiro atoms. The molecular weight excluding hydrogens is 324 g/mol. The van der Waals surface area contributed by atoms with Crippen molar-refractivity contribution in [2.45, 2.75) is 26.3 Å². The number of benzene rings is 1. The molecule has 0 amide bonds. The second kappa shape index (κ2) is 6.13. The first-order valence-corrected chi connectivity index (χ1v) is 7.02. The molecule has 2 unspecified atom stereocenters. The van der Waals surface area contributed by atoms with Crippen LogP contribution in [0.25, 0.3) is 0 Å². The van der Waals surface area contributed by atoms with Crippen LogP contribution in [0.4, 0.5) is 0 Å². The summed E-state index contributed by atoms with van der Waals surface area (Å²) in [5, 5.41) is 20.6. The van der Waals surface area contributed by atoms with Crippen LogP contribution in [-0.2, 0) is 11.2 Å². The molecule has 0 aliphatic rings. The Kier molecular flexibility index (Phi) is 4.49. The van der Waals surface area contributed by atoms with Gasteiger partial charge in [-0.15, -0.1) is 5.10 Å². The Morgan fingerprint density at radius 3 is 2.60 bits per heavy atom. The molecule has 0 aliphatic carbocycles. The number of aliphatic carboxylic acids is 1. The molecule has 6 nitrogen and oxygen atoms in total. The van der Waals surface area contributed by atoms with E-state index in [1.165, 1.54) is 0 Å². The zero-order valence-corrected chi connectivity index (χ0v) is 12.8. The number of hydrogen-bond donors (Lipinski definition) is 1. The second-order valence-corrected chi connectivity index (χ2v) is 5.63. The maximum atomic E-state index is 11.1. The highest BCUT2D eigenvalue weighted by Crippen LogP contribution is 2.19. The average molecular weight is 339 g/mol. The van der Waals surface area contributed by atoms with Crippen LogP contribution in [0.1, 0.15) is 31.3 Å². The Labute approximate surface area is 124 Å². The number of hydrogen-bond acceptors (Lipinski definition) is 4. The van der Waals surface area contributed by atoms with E-state index >= 15 is 0 Å². The van der Waals surface area contributed by atoms with Gasteiger partial charge in [-0.2, -0.15) is 0 Å². The van der Waals surface area contributed by atoms with Gasteiger partial charge in [0.05, 0.1) is 12.0 Å². The van der Waals surface area contributed by atoms with Crippen molar-refractivity contribution in [1.82, 2.24) is 20.2 Å². The molecule has 2 atom stereocenters. The maximum absolute atomic E-state index is 11.1. The Balaban J connectivity index is 2.20. The number of carbonyl (C=O) groups is 1. The molecule has 1 aromatic heterocycles. The van der Waals surface area contributed by atoms with Gasteiger partial charge in [0.1, 0.15) is 0 Å². The molecule has 0 aliphatic heterocycles. The lowest BCUT2D eigenvalue weighted by Crippen LogP contribution is -2.24. The van der Waals surface area contributed by atoms with Crippen molar-refractivity contribution < 1.29 is 9.90 Å². The lowest BCUT2D eigenvalue weighted by Gasteiger charge is -2.17. The van der Waals surface area contributed by atoms with Gasteiger partial charge < -0.3 is 5.11 Å². The fourth-order valence-corrected chi connectivity index (χ4v) is 2.11. The quantitative estimate of drug-likeness (QED) is 0.904. The number of tetrazole rings is 1. The number of carboxylic acids is 1. The van der Waals surface area contributed by atoms with E-state index in [0.717, 1.165) is 10.0 Å². The van der Waals surface area contributed by atoms with Gasteiger partial charge in [-0.25, -0.2) is 4.68 Å². The molecule has 1 heterocycles. The number of nitrogens with zero attached hydrogens (tertiary/aromatic N) is 4. The highest BCUT2D eigenvalue weighted by atomic mass is 79.9. The first-order valence-electron chi connectivity index (χ1n) is 6.23. The third kappa shape index (κ3) is 3.22. The Morgan fingerprint density at radius 1 is 1.35 bits per heavy atom. The van der Waals surface area contributed by atoms with E-state index in [1.807, 2.05) is 24.3 Å². The third-order valence-corrected chi connectivity index (χ3v) is 3.86. The minimum Gasteiger partial charge on any atom is -0.481 e. The molecule has 2 aromatic rings. The molecule has 7 heteroatoms.